The molecule has 0 unspecified atom stereocenters. The van der Waals surface area contributed by atoms with E-state index < -0.39 is 12.7 Å². The number of piperidine rings is 1. The molecule has 1 aliphatic rings. The molecule has 1 fully saturated rings. The normalized spacial score (nSPS) is 17.0. The van der Waals surface area contributed by atoms with Gasteiger partial charge in [-0.1, -0.05) is 18.2 Å². The number of halogens is 4. The number of carbonyl (C=O) groups excluding carboxylic acids is 1. The largest absolute Gasteiger partial charge is 0.408 e. The molecule has 0 radical (unpaired) electrons. The van der Waals surface area contributed by atoms with Gasteiger partial charge in [0.05, 0.1) is 17.3 Å². The first-order valence-corrected chi connectivity index (χ1v) is 10.8. The van der Waals surface area contributed by atoms with Gasteiger partial charge in [0.15, 0.2) is 10.8 Å². The highest BCUT2D eigenvalue weighted by Gasteiger charge is 2.29. The van der Waals surface area contributed by atoms with Crippen LogP contribution in [0, 0.1) is 0 Å². The number of alkyl halides is 3. The number of amides is 1. The number of aromatic amines is 1. The van der Waals surface area contributed by atoms with Crippen molar-refractivity contribution < 1.29 is 18.0 Å². The molecule has 0 spiro atoms. The van der Waals surface area contributed by atoms with Gasteiger partial charge in [0.2, 0.25) is 11.9 Å². The summed E-state index contributed by atoms with van der Waals surface area (Å²) in [6, 6.07) is 0. The van der Waals surface area contributed by atoms with Gasteiger partial charge in [-0.15, -0.1) is 11.8 Å². The first kappa shape index (κ1) is 22.4. The molecule has 0 bridgehead atoms. The minimum Gasteiger partial charge on any atom is -0.338 e. The van der Waals surface area contributed by atoms with Gasteiger partial charge < -0.3 is 10.2 Å². The third kappa shape index (κ3) is 5.15. The lowest BCUT2D eigenvalue weighted by atomic mass is 10.1. The van der Waals surface area contributed by atoms with Crippen molar-refractivity contribution in [2.45, 2.75) is 35.8 Å². The molecule has 32 heavy (non-hydrogen) atoms. The Balaban J connectivity index is 1.57. The third-order valence-electron chi connectivity index (χ3n) is 4.72. The van der Waals surface area contributed by atoms with Crippen LogP contribution in [0.25, 0.3) is 11.0 Å². The molecule has 1 atom stereocenters. The number of fused-ring (bicyclic) bond motifs is 1. The molecule has 0 saturated carbocycles. The number of carbonyl (C=O) groups is 1. The van der Waals surface area contributed by atoms with Gasteiger partial charge in [0.25, 0.3) is 0 Å². The van der Waals surface area contributed by atoms with Gasteiger partial charge >= 0.3 is 6.18 Å². The Hall–Kier alpha value is -2.80. The molecule has 3 aromatic heterocycles. The lowest BCUT2D eigenvalue weighted by Crippen LogP contribution is -2.40. The average Bonchev–Trinajstić information content (AvgIpc) is 3.32. The molecule has 1 aliphatic heterocycles. The van der Waals surface area contributed by atoms with Crippen molar-refractivity contribution in [3.05, 3.63) is 30.2 Å². The number of nitrogens with one attached hydrogen (secondary N) is 2. The summed E-state index contributed by atoms with van der Waals surface area (Å²) in [5.74, 6) is 0.0319. The number of anilines is 2. The molecule has 0 aliphatic carbocycles. The van der Waals surface area contributed by atoms with Crippen LogP contribution in [-0.4, -0.2) is 65.3 Å². The monoisotopic (exact) mass is 486 g/mol. The van der Waals surface area contributed by atoms with E-state index in [1.54, 1.807) is 4.90 Å². The van der Waals surface area contributed by atoms with Gasteiger partial charge in [0, 0.05) is 24.5 Å². The van der Waals surface area contributed by atoms with Crippen LogP contribution in [0.15, 0.2) is 30.1 Å². The molecule has 1 saturated heterocycles. The molecule has 3 aromatic rings. The summed E-state index contributed by atoms with van der Waals surface area (Å²) in [5.41, 5.74) is 0.683. The Morgan fingerprint density at radius 1 is 1.44 bits per heavy atom. The van der Waals surface area contributed by atoms with E-state index in [1.165, 1.54) is 30.2 Å². The molecular weight excluding hydrogens is 469 g/mol. The summed E-state index contributed by atoms with van der Waals surface area (Å²) >= 11 is 7.67. The number of thioether (sulfide) groups is 1. The molecule has 14 heteroatoms. The Morgan fingerprint density at radius 3 is 3.00 bits per heavy atom. The van der Waals surface area contributed by atoms with Crippen LogP contribution >= 0.6 is 23.4 Å². The molecule has 9 nitrogen and oxygen atoms in total. The predicted octanol–water partition coefficient (Wildman–Crippen LogP) is 3.78. The van der Waals surface area contributed by atoms with Gasteiger partial charge in [-0.3, -0.25) is 14.6 Å². The highest BCUT2D eigenvalue weighted by Crippen LogP contribution is 2.36. The smallest absolute Gasteiger partial charge is 0.338 e. The van der Waals surface area contributed by atoms with Crippen molar-refractivity contribution >= 4 is 51.9 Å². The Kier molecular flexibility index (Phi) is 6.29. The second-order valence-corrected chi connectivity index (χ2v) is 8.77. The first-order chi connectivity index (χ1) is 15.2. The number of rotatable bonds is 6. The second-order valence-electron chi connectivity index (χ2n) is 7.13. The number of H-pyrrole nitrogens is 1. The number of hydrogen-bond donors (Lipinski definition) is 2. The van der Waals surface area contributed by atoms with E-state index >= 15 is 0 Å². The fourth-order valence-electron chi connectivity index (χ4n) is 3.36. The van der Waals surface area contributed by atoms with Crippen LogP contribution < -0.4 is 5.32 Å². The summed E-state index contributed by atoms with van der Waals surface area (Å²) in [6.45, 7) is 3.54. The number of aromatic nitrogens is 6. The van der Waals surface area contributed by atoms with E-state index in [0.717, 1.165) is 17.5 Å². The first-order valence-electron chi connectivity index (χ1n) is 9.57. The van der Waals surface area contributed by atoms with Gasteiger partial charge in [-0.25, -0.2) is 4.98 Å². The third-order valence-corrected chi connectivity index (χ3v) is 6.23. The number of hydrogen-bond acceptors (Lipinski definition) is 7. The maximum Gasteiger partial charge on any atom is 0.408 e. The summed E-state index contributed by atoms with van der Waals surface area (Å²) in [6.07, 6.45) is 1.10. The zero-order valence-electron chi connectivity index (χ0n) is 16.6. The fraction of sp³-hybridized carbons (Fsp3) is 0.389. The maximum atomic E-state index is 12.6. The number of nitrogens with zero attached hydrogens (tertiary/aromatic N) is 6. The standard InChI is InChI=1S/C18H18ClF3N8OS/c1-2-12(31)29-5-3-4-11(8-29)32-16-13-14(19)27-28-15(13)25-17(26-16)24-10-6-23-30(7-10)9-18(20,21)22/h2,6-7,11H,1,3-5,8-9H2,(H2,24,25,26,27,28)/t11-/m1/s1. The minimum absolute atomic E-state index is 0.0686. The topological polar surface area (TPSA) is 105 Å². The van der Waals surface area contributed by atoms with E-state index in [2.05, 4.69) is 37.2 Å². The fourth-order valence-corrected chi connectivity index (χ4v) is 4.94. The second kappa shape index (κ2) is 8.98. The van der Waals surface area contributed by atoms with Crippen molar-refractivity contribution in [2.75, 3.05) is 18.4 Å². The summed E-state index contributed by atoms with van der Waals surface area (Å²) in [7, 11) is 0. The molecule has 1 amide bonds. The molecule has 4 rings (SSSR count). The van der Waals surface area contributed by atoms with Crippen molar-refractivity contribution in [3.63, 3.8) is 0 Å². The van der Waals surface area contributed by atoms with Gasteiger partial charge in [0.1, 0.15) is 11.6 Å². The SMILES string of the molecule is C=CC(=O)N1CCC[C@@H](Sc2nc(Nc3cnn(CC(F)(F)F)c3)nc3[nH]nc(Cl)c23)C1. The number of likely N-dealkylation sites (tertiary alicyclic amines) is 1. The summed E-state index contributed by atoms with van der Waals surface area (Å²) in [5, 5.41) is 14.7. The van der Waals surface area contributed by atoms with Crippen LogP contribution in [0.1, 0.15) is 12.8 Å². The van der Waals surface area contributed by atoms with Crippen molar-refractivity contribution in [2.24, 2.45) is 0 Å². The molecule has 2 N–H and O–H groups in total. The van der Waals surface area contributed by atoms with Crippen LogP contribution in [-0.2, 0) is 11.3 Å². The quantitative estimate of drug-likeness (QED) is 0.403. The lowest BCUT2D eigenvalue weighted by molar-refractivity contribution is -0.142. The van der Waals surface area contributed by atoms with E-state index in [0.29, 0.717) is 34.8 Å². The lowest BCUT2D eigenvalue weighted by Gasteiger charge is -2.31. The maximum absolute atomic E-state index is 12.6. The zero-order valence-corrected chi connectivity index (χ0v) is 18.1. The summed E-state index contributed by atoms with van der Waals surface area (Å²) < 4.78 is 38.5. The van der Waals surface area contributed by atoms with Crippen LogP contribution in [0.4, 0.5) is 24.8 Å². The molecule has 4 heterocycles. The van der Waals surface area contributed by atoms with Crippen molar-refractivity contribution in [3.8, 4) is 0 Å². The average molecular weight is 487 g/mol. The zero-order chi connectivity index (χ0) is 22.9. The predicted molar refractivity (Wildman–Crippen MR) is 114 cm³/mol. The van der Waals surface area contributed by atoms with Crippen LogP contribution in [0.2, 0.25) is 5.15 Å². The van der Waals surface area contributed by atoms with Crippen LogP contribution in [0.3, 0.4) is 0 Å². The van der Waals surface area contributed by atoms with Crippen LogP contribution in [0.5, 0.6) is 0 Å². The Labute approximate surface area is 189 Å². The highest BCUT2D eigenvalue weighted by atomic mass is 35.5. The van der Waals surface area contributed by atoms with Gasteiger partial charge in [-0.2, -0.15) is 28.4 Å². The molecule has 170 valence electrons. The Morgan fingerprint density at radius 2 is 2.25 bits per heavy atom. The highest BCUT2D eigenvalue weighted by molar-refractivity contribution is 8.00. The van der Waals surface area contributed by atoms with E-state index in [9.17, 15) is 18.0 Å². The van der Waals surface area contributed by atoms with E-state index in [4.69, 9.17) is 11.6 Å². The van der Waals surface area contributed by atoms with Gasteiger partial charge in [-0.05, 0) is 18.9 Å². The molecule has 0 aromatic carbocycles. The Bertz CT molecular complexity index is 1150. The van der Waals surface area contributed by atoms with Crippen molar-refractivity contribution in [1.29, 1.82) is 0 Å². The minimum atomic E-state index is -4.38. The molecular formula is C18H18ClF3N8OS. The van der Waals surface area contributed by atoms with E-state index in [1.807, 2.05) is 0 Å². The summed E-state index contributed by atoms with van der Waals surface area (Å²) in [4.78, 5) is 22.5. The van der Waals surface area contributed by atoms with Crippen molar-refractivity contribution in [1.82, 2.24) is 34.8 Å². The van der Waals surface area contributed by atoms with E-state index in [-0.39, 0.29) is 22.3 Å².